The number of aldehydes is 2. The van der Waals surface area contributed by atoms with Gasteiger partial charge in [-0.3, -0.25) is 14.4 Å². The number of carbonyl (C=O) groups excluding carboxylic acids is 3. The van der Waals surface area contributed by atoms with Crippen LogP contribution in [0.4, 0.5) is 0 Å². The first-order chi connectivity index (χ1) is 6.77. The molecule has 0 aromatic heterocycles. The number of ketones is 1. The highest BCUT2D eigenvalue weighted by Gasteiger charge is 2.04. The lowest BCUT2D eigenvalue weighted by atomic mass is 10.2. The molecule has 72 valence electrons. The predicted octanol–water partition coefficient (Wildman–Crippen LogP) is 0.646. The average molecular weight is 192 g/mol. The van der Waals surface area contributed by atoms with Crippen LogP contribution in [0.25, 0.3) is 0 Å². The summed E-state index contributed by atoms with van der Waals surface area (Å²) in [5.41, 5.74) is 0.353. The Labute approximate surface area is 80.5 Å². The Kier molecular flexibility index (Phi) is 3.55. The van der Waals surface area contributed by atoms with Crippen molar-refractivity contribution in [1.82, 2.24) is 0 Å². The van der Waals surface area contributed by atoms with Gasteiger partial charge in [0.15, 0.2) is 19.2 Å². The smallest absolute Gasteiger partial charge is 0.232 e. The number of benzene rings is 1. The number of hydrogen-bond acceptors (Lipinski definition) is 4. The monoisotopic (exact) mass is 192 g/mol. The fourth-order valence-corrected chi connectivity index (χ4v) is 0.892. The summed E-state index contributed by atoms with van der Waals surface area (Å²) in [6.45, 7) is -0.339. The molecule has 0 N–H and O–H groups in total. The third-order valence-electron chi connectivity index (χ3n) is 1.55. The second kappa shape index (κ2) is 4.91. The lowest BCUT2D eigenvalue weighted by Gasteiger charge is -2.04. The van der Waals surface area contributed by atoms with Crippen LogP contribution in [0, 0.1) is 0 Å². The summed E-state index contributed by atoms with van der Waals surface area (Å²) in [4.78, 5) is 31.1. The molecule has 0 saturated carbocycles. The summed E-state index contributed by atoms with van der Waals surface area (Å²) in [7, 11) is 0. The lowest BCUT2D eigenvalue weighted by molar-refractivity contribution is -0.131. The fraction of sp³-hybridized carbons (Fsp3) is 0.100. The minimum Gasteiger partial charge on any atom is -0.485 e. The van der Waals surface area contributed by atoms with Crippen molar-refractivity contribution in [3.8, 4) is 5.75 Å². The zero-order chi connectivity index (χ0) is 10.4. The van der Waals surface area contributed by atoms with Crippen LogP contribution in [0.15, 0.2) is 24.3 Å². The van der Waals surface area contributed by atoms with Crippen molar-refractivity contribution in [3.63, 3.8) is 0 Å². The quantitative estimate of drug-likeness (QED) is 0.507. The minimum absolute atomic E-state index is 0.184. The highest BCUT2D eigenvalue weighted by molar-refractivity contribution is 6.25. The summed E-state index contributed by atoms with van der Waals surface area (Å²) in [6, 6.07) is 6.47. The highest BCUT2D eigenvalue weighted by atomic mass is 16.5. The van der Waals surface area contributed by atoms with E-state index in [2.05, 4.69) is 0 Å². The highest BCUT2D eigenvalue weighted by Crippen LogP contribution is 2.15. The van der Waals surface area contributed by atoms with Crippen LogP contribution in [-0.4, -0.2) is 25.0 Å². The molecule has 0 atom stereocenters. The van der Waals surface area contributed by atoms with Gasteiger partial charge in [-0.15, -0.1) is 0 Å². The first-order valence-corrected chi connectivity index (χ1v) is 3.93. The maximum Gasteiger partial charge on any atom is 0.232 e. The van der Waals surface area contributed by atoms with E-state index in [4.69, 9.17) is 4.74 Å². The second-order valence-corrected chi connectivity index (χ2v) is 2.53. The maximum absolute atomic E-state index is 10.6. The second-order valence-electron chi connectivity index (χ2n) is 2.53. The van der Waals surface area contributed by atoms with Crippen LogP contribution in [0.3, 0.4) is 0 Å². The molecule has 14 heavy (non-hydrogen) atoms. The number of rotatable bonds is 5. The van der Waals surface area contributed by atoms with Gasteiger partial charge in [0.2, 0.25) is 5.78 Å². The summed E-state index contributed by atoms with van der Waals surface area (Å²) in [5.74, 6) is -0.358. The Morgan fingerprint density at radius 1 is 1.29 bits per heavy atom. The number of Topliss-reactive ketones (excluding diaryl/α,β-unsaturated/α-hetero) is 1. The zero-order valence-electron chi connectivity index (χ0n) is 7.30. The number of para-hydroxylation sites is 1. The lowest BCUT2D eigenvalue weighted by Crippen LogP contribution is -2.12. The molecule has 0 aliphatic carbocycles. The molecule has 0 spiro atoms. The van der Waals surface area contributed by atoms with Crippen LogP contribution in [-0.2, 0) is 9.59 Å². The predicted molar refractivity (Wildman–Crippen MR) is 48.4 cm³/mol. The molecule has 4 heteroatoms. The molecular weight excluding hydrogens is 184 g/mol. The number of ether oxygens (including phenoxy) is 1. The topological polar surface area (TPSA) is 60.4 Å². The van der Waals surface area contributed by atoms with Crippen LogP contribution >= 0.6 is 0 Å². The van der Waals surface area contributed by atoms with Gasteiger partial charge in [0.25, 0.3) is 0 Å². The summed E-state index contributed by atoms with van der Waals surface area (Å²) in [6.07, 6.45) is 0.810. The Morgan fingerprint density at radius 2 is 2.00 bits per heavy atom. The first-order valence-electron chi connectivity index (χ1n) is 3.93. The van der Waals surface area contributed by atoms with Gasteiger partial charge in [0.1, 0.15) is 5.75 Å². The van der Waals surface area contributed by atoms with Crippen LogP contribution in [0.5, 0.6) is 5.75 Å². The van der Waals surface area contributed by atoms with E-state index in [9.17, 15) is 14.4 Å². The van der Waals surface area contributed by atoms with Crippen molar-refractivity contribution in [2.24, 2.45) is 0 Å². The molecule has 0 aliphatic rings. The van der Waals surface area contributed by atoms with Crippen LogP contribution < -0.4 is 4.74 Å². The molecule has 0 radical (unpaired) electrons. The van der Waals surface area contributed by atoms with Gasteiger partial charge in [-0.1, -0.05) is 12.1 Å². The van der Waals surface area contributed by atoms with Crippen molar-refractivity contribution < 1.29 is 19.1 Å². The molecule has 0 fully saturated rings. The molecule has 0 bridgehead atoms. The van der Waals surface area contributed by atoms with E-state index in [1.165, 1.54) is 0 Å². The molecule has 0 heterocycles. The zero-order valence-corrected chi connectivity index (χ0v) is 7.30. The summed E-state index contributed by atoms with van der Waals surface area (Å²) < 4.78 is 4.97. The average Bonchev–Trinajstić information content (AvgIpc) is 2.26. The van der Waals surface area contributed by atoms with Gasteiger partial charge in [-0.05, 0) is 12.1 Å². The fourth-order valence-electron chi connectivity index (χ4n) is 0.892. The van der Waals surface area contributed by atoms with Crippen molar-refractivity contribution in [2.45, 2.75) is 0 Å². The van der Waals surface area contributed by atoms with Gasteiger partial charge in [0, 0.05) is 0 Å². The third-order valence-corrected chi connectivity index (χ3v) is 1.55. The van der Waals surface area contributed by atoms with Gasteiger partial charge >= 0.3 is 0 Å². The van der Waals surface area contributed by atoms with E-state index in [0.717, 1.165) is 0 Å². The number of hydrogen-bond donors (Lipinski definition) is 0. The molecule has 1 aromatic rings. The molecule has 0 unspecified atom stereocenters. The van der Waals surface area contributed by atoms with Crippen LogP contribution in [0.2, 0.25) is 0 Å². The molecule has 0 aliphatic heterocycles. The number of carbonyl (C=O) groups is 3. The maximum atomic E-state index is 10.6. The van der Waals surface area contributed by atoms with E-state index in [1.807, 2.05) is 0 Å². The van der Waals surface area contributed by atoms with E-state index in [1.54, 1.807) is 24.3 Å². The SMILES string of the molecule is O=CC(=O)COc1ccccc1C=O. The summed E-state index contributed by atoms with van der Waals surface area (Å²) in [5, 5.41) is 0. The Balaban J connectivity index is 2.70. The van der Waals surface area contributed by atoms with E-state index in [0.29, 0.717) is 17.6 Å². The van der Waals surface area contributed by atoms with Gasteiger partial charge in [-0.2, -0.15) is 0 Å². The van der Waals surface area contributed by atoms with Crippen molar-refractivity contribution >= 4 is 18.4 Å². The van der Waals surface area contributed by atoms with E-state index >= 15 is 0 Å². The van der Waals surface area contributed by atoms with Gasteiger partial charge in [0.05, 0.1) is 5.56 Å². The summed E-state index contributed by atoms with van der Waals surface area (Å²) >= 11 is 0. The van der Waals surface area contributed by atoms with Gasteiger partial charge in [-0.25, -0.2) is 0 Å². The Bertz CT molecular complexity index is 357. The standard InChI is InChI=1S/C10H8O4/c11-5-8-3-1-2-4-10(8)14-7-9(13)6-12/h1-6H,7H2. The molecule has 0 saturated heterocycles. The molecule has 1 aromatic carbocycles. The minimum atomic E-state index is -0.661. The van der Waals surface area contributed by atoms with Crippen molar-refractivity contribution in [3.05, 3.63) is 29.8 Å². The Morgan fingerprint density at radius 3 is 2.64 bits per heavy atom. The van der Waals surface area contributed by atoms with Gasteiger partial charge < -0.3 is 4.74 Å². The van der Waals surface area contributed by atoms with Crippen molar-refractivity contribution in [1.29, 1.82) is 0 Å². The molecule has 1 rings (SSSR count). The molecule has 0 amide bonds. The van der Waals surface area contributed by atoms with E-state index in [-0.39, 0.29) is 12.9 Å². The molecule has 4 nitrogen and oxygen atoms in total. The van der Waals surface area contributed by atoms with Crippen molar-refractivity contribution in [2.75, 3.05) is 6.61 Å². The third kappa shape index (κ3) is 2.52. The van der Waals surface area contributed by atoms with Crippen LogP contribution in [0.1, 0.15) is 10.4 Å². The largest absolute Gasteiger partial charge is 0.485 e. The van der Waals surface area contributed by atoms with E-state index < -0.39 is 5.78 Å². The molecular formula is C10H8O4. The first kappa shape index (κ1) is 10.1. The normalized spacial score (nSPS) is 9.14. The Hall–Kier alpha value is -1.97.